The van der Waals surface area contributed by atoms with Crippen molar-refractivity contribution in [3.05, 3.63) is 65.8 Å². The number of carbonyl (C=O) groups is 1. The Labute approximate surface area is 192 Å². The summed E-state index contributed by atoms with van der Waals surface area (Å²) >= 11 is 0. The van der Waals surface area contributed by atoms with Crippen molar-refractivity contribution in [2.45, 2.75) is 45.4 Å². The quantitative estimate of drug-likeness (QED) is 0.364. The van der Waals surface area contributed by atoms with E-state index in [1.165, 1.54) is 6.33 Å². The zero-order valence-electron chi connectivity index (χ0n) is 18.8. The number of nitrogens with zero attached hydrogens (tertiary/aromatic N) is 2. The predicted molar refractivity (Wildman–Crippen MR) is 127 cm³/mol. The Bertz CT molecular complexity index is 1200. The first-order valence-electron chi connectivity index (χ1n) is 11.3. The number of rotatable bonds is 9. The van der Waals surface area contributed by atoms with E-state index >= 15 is 0 Å². The number of furan rings is 1. The molecule has 0 fully saturated rings. The third-order valence-corrected chi connectivity index (χ3v) is 6.12. The van der Waals surface area contributed by atoms with E-state index in [1.54, 1.807) is 6.92 Å². The lowest BCUT2D eigenvalue weighted by Gasteiger charge is -2.25. The minimum absolute atomic E-state index is 0.124. The van der Waals surface area contributed by atoms with Gasteiger partial charge in [0.2, 0.25) is 5.71 Å². The molecule has 33 heavy (non-hydrogen) atoms. The molecule has 0 saturated heterocycles. The third kappa shape index (κ3) is 4.82. The normalized spacial score (nSPS) is 18.2. The summed E-state index contributed by atoms with van der Waals surface area (Å²) in [6.45, 7) is 4.31. The molecular weight excluding hydrogens is 421 g/mol. The van der Waals surface area contributed by atoms with Crippen molar-refractivity contribution in [2.75, 3.05) is 11.9 Å². The minimum atomic E-state index is -0.775. The molecule has 3 aromatic rings. The highest BCUT2D eigenvalue weighted by atomic mass is 19.1. The smallest absolute Gasteiger partial charge is 0.303 e. The van der Waals surface area contributed by atoms with Gasteiger partial charge < -0.3 is 14.8 Å². The van der Waals surface area contributed by atoms with E-state index in [-0.39, 0.29) is 24.1 Å². The lowest BCUT2D eigenvalue weighted by molar-refractivity contribution is -0.137. The van der Waals surface area contributed by atoms with Gasteiger partial charge in [0.15, 0.2) is 0 Å². The molecule has 1 aliphatic carbocycles. The van der Waals surface area contributed by atoms with E-state index in [9.17, 15) is 9.18 Å². The Morgan fingerprint density at radius 3 is 2.73 bits per heavy atom. The topological polar surface area (TPSA) is 88.3 Å². The van der Waals surface area contributed by atoms with Crippen LogP contribution in [-0.2, 0) is 4.79 Å². The molecule has 0 spiro atoms. The maximum Gasteiger partial charge on any atom is 0.303 e. The minimum Gasteiger partial charge on any atom is -0.481 e. The predicted octanol–water partition coefficient (Wildman–Crippen LogP) is 6.48. The summed E-state index contributed by atoms with van der Waals surface area (Å²) in [7, 11) is 0. The monoisotopic (exact) mass is 449 g/mol. The number of hydrogen-bond donors (Lipinski definition) is 2. The molecular formula is C26H28FN3O3. The second kappa shape index (κ2) is 9.98. The van der Waals surface area contributed by atoms with Crippen molar-refractivity contribution in [2.24, 2.45) is 5.92 Å². The van der Waals surface area contributed by atoms with Crippen LogP contribution in [0, 0.1) is 5.92 Å². The van der Waals surface area contributed by atoms with E-state index in [2.05, 4.69) is 15.3 Å². The highest BCUT2D eigenvalue weighted by Crippen LogP contribution is 2.46. The number of anilines is 1. The summed E-state index contributed by atoms with van der Waals surface area (Å²) in [5.41, 5.74) is 2.87. The van der Waals surface area contributed by atoms with E-state index in [4.69, 9.17) is 9.52 Å². The van der Waals surface area contributed by atoms with Crippen molar-refractivity contribution in [3.8, 4) is 11.3 Å². The van der Waals surface area contributed by atoms with Crippen LogP contribution >= 0.6 is 0 Å². The Hall–Kier alpha value is -3.48. The van der Waals surface area contributed by atoms with Gasteiger partial charge >= 0.3 is 5.97 Å². The van der Waals surface area contributed by atoms with Crippen LogP contribution in [0.4, 0.5) is 10.2 Å². The maximum absolute atomic E-state index is 14.9. The number of halogens is 1. The molecule has 172 valence electrons. The lowest BCUT2D eigenvalue weighted by Crippen LogP contribution is -2.14. The van der Waals surface area contributed by atoms with Gasteiger partial charge in [0.25, 0.3) is 0 Å². The molecule has 2 N–H and O–H groups in total. The molecule has 1 aromatic carbocycles. The molecule has 0 aliphatic heterocycles. The Balaban J connectivity index is 1.72. The molecule has 7 heteroatoms. The zero-order valence-corrected chi connectivity index (χ0v) is 18.8. The van der Waals surface area contributed by atoms with Crippen LogP contribution in [0.25, 0.3) is 22.4 Å². The highest BCUT2D eigenvalue weighted by molar-refractivity contribution is 5.95. The molecule has 0 radical (unpaired) electrons. The third-order valence-electron chi connectivity index (χ3n) is 6.12. The summed E-state index contributed by atoms with van der Waals surface area (Å²) in [6.07, 6.45) is 7.75. The van der Waals surface area contributed by atoms with Crippen LogP contribution in [0.1, 0.15) is 51.0 Å². The van der Waals surface area contributed by atoms with E-state index in [0.29, 0.717) is 35.8 Å². The maximum atomic E-state index is 14.9. The standard InChI is InChI=1S/C26H28FN3O3/c1-16-12-13-19(17(2)23(16)27)21-22-25(28-14-8-4-7-11-20(31)32)29-15-30-26(22)33-24(21)18-9-5-3-6-10-18/h3,5-6,9-10,12-13,15,17,19H,4,7-8,11,14H2,1-2H3,(H,31,32)(H,28,29,30). The first kappa shape index (κ1) is 22.7. The molecule has 0 amide bonds. The zero-order chi connectivity index (χ0) is 23.4. The average Bonchev–Trinajstić information content (AvgIpc) is 3.20. The Morgan fingerprint density at radius 2 is 1.97 bits per heavy atom. The van der Waals surface area contributed by atoms with Gasteiger partial charge in [-0.1, -0.05) is 55.8 Å². The highest BCUT2D eigenvalue weighted by Gasteiger charge is 2.32. The van der Waals surface area contributed by atoms with E-state index < -0.39 is 5.97 Å². The second-order valence-electron chi connectivity index (χ2n) is 8.45. The number of unbranched alkanes of at least 4 members (excludes halogenated alkanes) is 2. The van der Waals surface area contributed by atoms with E-state index in [0.717, 1.165) is 29.4 Å². The van der Waals surface area contributed by atoms with Gasteiger partial charge in [-0.05, 0) is 25.3 Å². The van der Waals surface area contributed by atoms with Crippen molar-refractivity contribution < 1.29 is 18.7 Å². The van der Waals surface area contributed by atoms with Gasteiger partial charge in [0, 0.05) is 35.9 Å². The molecule has 2 heterocycles. The molecule has 2 unspecified atom stereocenters. The SMILES string of the molecule is CC1=C(F)C(C)C(c2c(-c3ccccc3)oc3ncnc(NCCCCCC(=O)O)c23)C=C1. The van der Waals surface area contributed by atoms with Crippen LogP contribution in [0.2, 0.25) is 0 Å². The van der Waals surface area contributed by atoms with Gasteiger partial charge in [-0.25, -0.2) is 14.4 Å². The number of carboxylic acids is 1. The van der Waals surface area contributed by atoms with Gasteiger partial charge in [0.1, 0.15) is 23.7 Å². The van der Waals surface area contributed by atoms with Gasteiger partial charge in [-0.3, -0.25) is 4.79 Å². The van der Waals surface area contributed by atoms with Crippen LogP contribution in [0.3, 0.4) is 0 Å². The average molecular weight is 450 g/mol. The largest absolute Gasteiger partial charge is 0.481 e. The molecule has 0 saturated carbocycles. The number of nitrogens with one attached hydrogen (secondary N) is 1. The first-order valence-corrected chi connectivity index (χ1v) is 11.3. The fourth-order valence-corrected chi connectivity index (χ4v) is 4.35. The summed E-state index contributed by atoms with van der Waals surface area (Å²) < 4.78 is 21.2. The van der Waals surface area contributed by atoms with Crippen LogP contribution in [-0.4, -0.2) is 27.6 Å². The van der Waals surface area contributed by atoms with Crippen molar-refractivity contribution in [1.82, 2.24) is 9.97 Å². The van der Waals surface area contributed by atoms with Gasteiger partial charge in [-0.2, -0.15) is 0 Å². The molecule has 6 nitrogen and oxygen atoms in total. The molecule has 0 bridgehead atoms. The second-order valence-corrected chi connectivity index (χ2v) is 8.45. The summed E-state index contributed by atoms with van der Waals surface area (Å²) in [5.74, 6) is -0.158. The van der Waals surface area contributed by atoms with Gasteiger partial charge in [0.05, 0.1) is 5.39 Å². The molecule has 2 aromatic heterocycles. The van der Waals surface area contributed by atoms with Crippen LogP contribution in [0.5, 0.6) is 0 Å². The first-order chi connectivity index (χ1) is 16.0. The number of allylic oxidation sites excluding steroid dienone is 4. The molecule has 1 aliphatic rings. The molecule has 4 rings (SSSR count). The number of benzene rings is 1. The van der Waals surface area contributed by atoms with Crippen molar-refractivity contribution in [3.63, 3.8) is 0 Å². The summed E-state index contributed by atoms with van der Waals surface area (Å²) in [6, 6.07) is 9.77. The number of hydrogen-bond acceptors (Lipinski definition) is 5. The van der Waals surface area contributed by atoms with Crippen molar-refractivity contribution in [1.29, 1.82) is 0 Å². The van der Waals surface area contributed by atoms with Crippen LogP contribution < -0.4 is 5.32 Å². The fraction of sp³-hybridized carbons (Fsp3) is 0.346. The summed E-state index contributed by atoms with van der Waals surface area (Å²) in [4.78, 5) is 19.5. The van der Waals surface area contributed by atoms with Crippen LogP contribution in [0.15, 0.2) is 64.6 Å². The summed E-state index contributed by atoms with van der Waals surface area (Å²) in [5, 5.41) is 12.9. The van der Waals surface area contributed by atoms with Gasteiger partial charge in [-0.15, -0.1) is 0 Å². The van der Waals surface area contributed by atoms with E-state index in [1.807, 2.05) is 49.4 Å². The fourth-order valence-electron chi connectivity index (χ4n) is 4.35. The number of fused-ring (bicyclic) bond motifs is 1. The Morgan fingerprint density at radius 1 is 1.18 bits per heavy atom. The lowest BCUT2D eigenvalue weighted by atomic mass is 9.80. The van der Waals surface area contributed by atoms with Crippen molar-refractivity contribution >= 4 is 22.9 Å². The number of aliphatic carboxylic acids is 1. The molecule has 2 atom stereocenters. The number of aromatic nitrogens is 2. The number of carboxylic acid groups (broad SMARTS) is 1. The Kier molecular flexibility index (Phi) is 6.87.